The first-order valence-electron chi connectivity index (χ1n) is 5.89. The molecule has 0 aromatic heterocycles. The van der Waals surface area contributed by atoms with E-state index in [1.807, 2.05) is 12.1 Å². The van der Waals surface area contributed by atoms with Crippen LogP contribution in [0.4, 0.5) is 0 Å². The summed E-state index contributed by atoms with van der Waals surface area (Å²) in [6.45, 7) is 0.651. The Hall–Kier alpha value is -0.640. The molecule has 94 valence electrons. The van der Waals surface area contributed by atoms with Gasteiger partial charge in [0.05, 0.1) is 0 Å². The normalized spacial score (nSPS) is 12.4. The highest BCUT2D eigenvalue weighted by molar-refractivity contribution is 9.10. The molecule has 0 amide bonds. The Balaban J connectivity index is 2.23. The first kappa shape index (κ1) is 13.8. The van der Waals surface area contributed by atoms with E-state index in [4.69, 9.17) is 5.73 Å². The van der Waals surface area contributed by atoms with Gasteiger partial charge in [-0.1, -0.05) is 62.2 Å². The molecule has 0 radical (unpaired) electrons. The Morgan fingerprint density at radius 2 is 1.78 bits per heavy atom. The van der Waals surface area contributed by atoms with E-state index in [0.717, 1.165) is 15.4 Å². The zero-order valence-electron chi connectivity index (χ0n) is 9.94. The maximum atomic E-state index is 5.92. The highest BCUT2D eigenvalue weighted by atomic mass is 79.9. The largest absolute Gasteiger partial charge is 0.330 e. The molecule has 1 nitrogen and oxygen atoms in total. The van der Waals surface area contributed by atoms with Gasteiger partial charge >= 0.3 is 0 Å². The SMILES string of the molecule is NCC(Cc1ccccc1Br)c1cccc(Br)c1. The summed E-state index contributed by atoms with van der Waals surface area (Å²) >= 11 is 7.10. The van der Waals surface area contributed by atoms with Crippen molar-refractivity contribution in [2.45, 2.75) is 12.3 Å². The summed E-state index contributed by atoms with van der Waals surface area (Å²) in [7, 11) is 0. The highest BCUT2D eigenvalue weighted by Gasteiger charge is 2.12. The molecule has 0 heterocycles. The molecule has 0 fully saturated rings. The third kappa shape index (κ3) is 3.44. The van der Waals surface area contributed by atoms with Crippen molar-refractivity contribution in [3.63, 3.8) is 0 Å². The minimum absolute atomic E-state index is 0.348. The minimum Gasteiger partial charge on any atom is -0.330 e. The van der Waals surface area contributed by atoms with Crippen LogP contribution in [0.2, 0.25) is 0 Å². The lowest BCUT2D eigenvalue weighted by Gasteiger charge is -2.16. The second-order valence-electron chi connectivity index (χ2n) is 4.28. The van der Waals surface area contributed by atoms with Crippen LogP contribution in [0, 0.1) is 0 Å². The van der Waals surface area contributed by atoms with Gasteiger partial charge in [-0.3, -0.25) is 0 Å². The van der Waals surface area contributed by atoms with E-state index in [2.05, 4.69) is 68.3 Å². The fourth-order valence-corrected chi connectivity index (χ4v) is 2.89. The number of benzene rings is 2. The van der Waals surface area contributed by atoms with E-state index in [0.29, 0.717) is 12.5 Å². The molecule has 0 aliphatic carbocycles. The van der Waals surface area contributed by atoms with Crippen molar-refractivity contribution in [2.24, 2.45) is 5.73 Å². The van der Waals surface area contributed by atoms with Crippen LogP contribution in [-0.4, -0.2) is 6.54 Å². The van der Waals surface area contributed by atoms with Gasteiger partial charge in [0, 0.05) is 14.9 Å². The summed E-state index contributed by atoms with van der Waals surface area (Å²) < 4.78 is 2.25. The van der Waals surface area contributed by atoms with Gasteiger partial charge in [-0.05, 0) is 42.3 Å². The van der Waals surface area contributed by atoms with Gasteiger partial charge in [0.2, 0.25) is 0 Å². The predicted molar refractivity (Wildman–Crippen MR) is 83.8 cm³/mol. The second kappa shape index (κ2) is 6.50. The lowest BCUT2D eigenvalue weighted by molar-refractivity contribution is 0.692. The molecule has 3 heteroatoms. The van der Waals surface area contributed by atoms with Crippen molar-refractivity contribution in [1.82, 2.24) is 0 Å². The number of rotatable bonds is 4. The Kier molecular flexibility index (Phi) is 4.98. The van der Waals surface area contributed by atoms with Crippen molar-refractivity contribution >= 4 is 31.9 Å². The van der Waals surface area contributed by atoms with Crippen molar-refractivity contribution in [3.05, 3.63) is 68.6 Å². The highest BCUT2D eigenvalue weighted by Crippen LogP contribution is 2.26. The Morgan fingerprint density at radius 3 is 2.44 bits per heavy atom. The Labute approximate surface area is 125 Å². The number of hydrogen-bond acceptors (Lipinski definition) is 1. The van der Waals surface area contributed by atoms with Crippen LogP contribution in [0.5, 0.6) is 0 Å². The summed E-state index contributed by atoms with van der Waals surface area (Å²) in [5.41, 5.74) is 8.50. The first-order valence-corrected chi connectivity index (χ1v) is 7.48. The summed E-state index contributed by atoms with van der Waals surface area (Å²) in [5.74, 6) is 0.348. The van der Waals surface area contributed by atoms with Gasteiger partial charge < -0.3 is 5.73 Å². The van der Waals surface area contributed by atoms with Crippen molar-refractivity contribution in [1.29, 1.82) is 0 Å². The topological polar surface area (TPSA) is 26.0 Å². The fraction of sp³-hybridized carbons (Fsp3) is 0.200. The average molecular weight is 369 g/mol. The Bertz CT molecular complexity index is 525. The predicted octanol–water partition coefficient (Wildman–Crippen LogP) is 4.50. The molecule has 0 aliphatic rings. The molecule has 2 rings (SSSR count). The van der Waals surface area contributed by atoms with E-state index in [1.54, 1.807) is 0 Å². The number of halogens is 2. The average Bonchev–Trinajstić information content (AvgIpc) is 2.38. The van der Waals surface area contributed by atoms with Crippen LogP contribution in [0.25, 0.3) is 0 Å². The molecule has 0 aliphatic heterocycles. The molecule has 0 saturated carbocycles. The number of hydrogen-bond donors (Lipinski definition) is 1. The van der Waals surface area contributed by atoms with Crippen LogP contribution in [-0.2, 0) is 6.42 Å². The maximum absolute atomic E-state index is 5.92. The summed E-state index contributed by atoms with van der Waals surface area (Å²) in [4.78, 5) is 0. The van der Waals surface area contributed by atoms with Gasteiger partial charge in [-0.2, -0.15) is 0 Å². The summed E-state index contributed by atoms with van der Waals surface area (Å²) in [6.07, 6.45) is 0.953. The maximum Gasteiger partial charge on any atom is 0.0207 e. The van der Waals surface area contributed by atoms with Crippen LogP contribution in [0.3, 0.4) is 0 Å². The monoisotopic (exact) mass is 367 g/mol. The zero-order valence-corrected chi connectivity index (χ0v) is 13.1. The van der Waals surface area contributed by atoms with Gasteiger partial charge in [0.25, 0.3) is 0 Å². The van der Waals surface area contributed by atoms with E-state index in [-0.39, 0.29) is 0 Å². The molecule has 2 aromatic rings. The summed E-state index contributed by atoms with van der Waals surface area (Å²) in [6, 6.07) is 16.7. The van der Waals surface area contributed by atoms with E-state index in [1.165, 1.54) is 11.1 Å². The molecule has 0 bridgehead atoms. The van der Waals surface area contributed by atoms with E-state index < -0.39 is 0 Å². The minimum atomic E-state index is 0.348. The lowest BCUT2D eigenvalue weighted by atomic mass is 9.92. The van der Waals surface area contributed by atoms with Crippen LogP contribution < -0.4 is 5.73 Å². The first-order chi connectivity index (χ1) is 8.70. The van der Waals surface area contributed by atoms with E-state index >= 15 is 0 Å². The standard InChI is InChI=1S/C15H15Br2N/c16-14-6-3-5-11(9-14)13(10-18)8-12-4-1-2-7-15(12)17/h1-7,9,13H,8,10,18H2. The third-order valence-electron chi connectivity index (χ3n) is 3.03. The molecule has 0 spiro atoms. The van der Waals surface area contributed by atoms with Crippen LogP contribution in [0.15, 0.2) is 57.5 Å². The van der Waals surface area contributed by atoms with Crippen LogP contribution >= 0.6 is 31.9 Å². The fourth-order valence-electron chi connectivity index (χ4n) is 2.03. The molecule has 1 unspecified atom stereocenters. The lowest BCUT2D eigenvalue weighted by Crippen LogP contribution is -2.15. The quantitative estimate of drug-likeness (QED) is 0.844. The molecule has 2 aromatic carbocycles. The van der Waals surface area contributed by atoms with Crippen molar-refractivity contribution in [3.8, 4) is 0 Å². The van der Waals surface area contributed by atoms with Gasteiger partial charge in [0.1, 0.15) is 0 Å². The molecule has 18 heavy (non-hydrogen) atoms. The molecular weight excluding hydrogens is 354 g/mol. The van der Waals surface area contributed by atoms with Gasteiger partial charge in [0.15, 0.2) is 0 Å². The summed E-state index contributed by atoms with van der Waals surface area (Å²) in [5, 5.41) is 0. The third-order valence-corrected chi connectivity index (χ3v) is 4.30. The van der Waals surface area contributed by atoms with Crippen molar-refractivity contribution < 1.29 is 0 Å². The molecule has 1 atom stereocenters. The second-order valence-corrected chi connectivity index (χ2v) is 6.05. The molecule has 0 saturated heterocycles. The van der Waals surface area contributed by atoms with Gasteiger partial charge in [-0.15, -0.1) is 0 Å². The van der Waals surface area contributed by atoms with E-state index in [9.17, 15) is 0 Å². The molecular formula is C15H15Br2N. The zero-order chi connectivity index (χ0) is 13.0. The number of nitrogens with two attached hydrogens (primary N) is 1. The smallest absolute Gasteiger partial charge is 0.0207 e. The van der Waals surface area contributed by atoms with Gasteiger partial charge in [-0.25, -0.2) is 0 Å². The van der Waals surface area contributed by atoms with Crippen LogP contribution in [0.1, 0.15) is 17.0 Å². The molecule has 2 N–H and O–H groups in total. The van der Waals surface area contributed by atoms with Crippen molar-refractivity contribution in [2.75, 3.05) is 6.54 Å². The Morgan fingerprint density at radius 1 is 1.00 bits per heavy atom.